The molecular formula is C17H29BrN2. The molecule has 0 atom stereocenters. The van der Waals surface area contributed by atoms with Crippen LogP contribution >= 0.6 is 15.9 Å². The van der Waals surface area contributed by atoms with Crippen LogP contribution in [0.15, 0.2) is 22.7 Å². The second-order valence-corrected chi connectivity index (χ2v) is 7.35. The van der Waals surface area contributed by atoms with Crippen molar-refractivity contribution in [1.29, 1.82) is 0 Å². The molecule has 0 amide bonds. The van der Waals surface area contributed by atoms with Crippen molar-refractivity contribution in [3.8, 4) is 0 Å². The number of hydrogen-bond acceptors (Lipinski definition) is 2. The van der Waals surface area contributed by atoms with Gasteiger partial charge < -0.3 is 5.73 Å². The minimum absolute atomic E-state index is 0.759. The Balaban J connectivity index is 2.63. The molecule has 0 radical (unpaired) electrons. The van der Waals surface area contributed by atoms with E-state index in [1.54, 1.807) is 0 Å². The summed E-state index contributed by atoms with van der Waals surface area (Å²) in [5.74, 6) is 1.52. The third-order valence-corrected chi connectivity index (χ3v) is 4.20. The van der Waals surface area contributed by atoms with Crippen LogP contribution in [0.25, 0.3) is 0 Å². The zero-order chi connectivity index (χ0) is 15.1. The van der Waals surface area contributed by atoms with Crippen LogP contribution in [-0.2, 0) is 6.54 Å². The number of nitrogens with two attached hydrogens (primary N) is 1. The largest absolute Gasteiger partial charge is 0.398 e. The first-order chi connectivity index (χ1) is 9.38. The number of halogens is 1. The number of nitrogen functional groups attached to an aromatic ring is 1. The lowest BCUT2D eigenvalue weighted by molar-refractivity contribution is 0.235. The van der Waals surface area contributed by atoms with Gasteiger partial charge >= 0.3 is 0 Å². The van der Waals surface area contributed by atoms with Crippen LogP contribution in [0.4, 0.5) is 5.69 Å². The fourth-order valence-corrected chi connectivity index (χ4v) is 2.50. The topological polar surface area (TPSA) is 29.3 Å². The first-order valence-electron chi connectivity index (χ1n) is 7.64. The number of hydrogen-bond donors (Lipinski definition) is 1. The summed E-state index contributed by atoms with van der Waals surface area (Å²) in [4.78, 5) is 2.57. The maximum atomic E-state index is 5.86. The standard InChI is InChI=1S/C17H29BrN2/c1-13(2)7-9-20(10-8-14(3)4)12-15-5-6-17(19)16(18)11-15/h5-6,11,13-14H,7-10,12,19H2,1-4H3. The molecule has 1 aromatic rings. The van der Waals surface area contributed by atoms with Crippen molar-refractivity contribution in [2.75, 3.05) is 18.8 Å². The Morgan fingerprint density at radius 3 is 2.05 bits per heavy atom. The van der Waals surface area contributed by atoms with E-state index in [9.17, 15) is 0 Å². The van der Waals surface area contributed by atoms with E-state index < -0.39 is 0 Å². The smallest absolute Gasteiger partial charge is 0.0458 e. The van der Waals surface area contributed by atoms with Crippen molar-refractivity contribution >= 4 is 21.6 Å². The van der Waals surface area contributed by atoms with Crippen LogP contribution in [-0.4, -0.2) is 18.0 Å². The fraction of sp³-hybridized carbons (Fsp3) is 0.647. The number of benzene rings is 1. The van der Waals surface area contributed by atoms with E-state index >= 15 is 0 Å². The maximum absolute atomic E-state index is 5.86. The van der Waals surface area contributed by atoms with E-state index in [1.807, 2.05) is 6.07 Å². The summed E-state index contributed by atoms with van der Waals surface area (Å²) in [5.41, 5.74) is 8.00. The van der Waals surface area contributed by atoms with Crippen molar-refractivity contribution < 1.29 is 0 Å². The summed E-state index contributed by atoms with van der Waals surface area (Å²) < 4.78 is 1.00. The minimum Gasteiger partial charge on any atom is -0.398 e. The van der Waals surface area contributed by atoms with Crippen molar-refractivity contribution in [2.45, 2.75) is 47.1 Å². The van der Waals surface area contributed by atoms with Crippen LogP contribution in [0.2, 0.25) is 0 Å². The van der Waals surface area contributed by atoms with Crippen LogP contribution < -0.4 is 5.73 Å². The molecule has 0 saturated heterocycles. The van der Waals surface area contributed by atoms with E-state index in [0.717, 1.165) is 28.5 Å². The predicted molar refractivity (Wildman–Crippen MR) is 92.7 cm³/mol. The SMILES string of the molecule is CC(C)CCN(CCC(C)C)Cc1ccc(N)c(Br)c1. The van der Waals surface area contributed by atoms with Gasteiger partial charge in [-0.25, -0.2) is 0 Å². The summed E-state index contributed by atoms with van der Waals surface area (Å²) in [6, 6.07) is 6.27. The lowest BCUT2D eigenvalue weighted by atomic mass is 10.1. The highest BCUT2D eigenvalue weighted by Crippen LogP contribution is 2.21. The van der Waals surface area contributed by atoms with Gasteiger partial charge in [-0.3, -0.25) is 4.90 Å². The Morgan fingerprint density at radius 1 is 1.05 bits per heavy atom. The lowest BCUT2D eigenvalue weighted by Gasteiger charge is -2.24. The molecule has 2 nitrogen and oxygen atoms in total. The van der Waals surface area contributed by atoms with Gasteiger partial charge in [-0.15, -0.1) is 0 Å². The Hall–Kier alpha value is -0.540. The lowest BCUT2D eigenvalue weighted by Crippen LogP contribution is -2.27. The molecule has 1 aromatic carbocycles. The molecule has 2 N–H and O–H groups in total. The van der Waals surface area contributed by atoms with E-state index in [0.29, 0.717) is 0 Å². The first kappa shape index (κ1) is 17.5. The van der Waals surface area contributed by atoms with Gasteiger partial charge in [0.2, 0.25) is 0 Å². The molecule has 3 heteroatoms. The quantitative estimate of drug-likeness (QED) is 0.680. The number of rotatable bonds is 8. The third kappa shape index (κ3) is 6.76. The molecule has 0 aromatic heterocycles. The van der Waals surface area contributed by atoms with Crippen LogP contribution in [0.5, 0.6) is 0 Å². The Morgan fingerprint density at radius 2 is 1.60 bits per heavy atom. The van der Waals surface area contributed by atoms with Gasteiger partial charge in [0.15, 0.2) is 0 Å². The third-order valence-electron chi connectivity index (χ3n) is 3.52. The normalized spacial score (nSPS) is 11.8. The molecular weight excluding hydrogens is 312 g/mol. The molecule has 0 unspecified atom stereocenters. The monoisotopic (exact) mass is 340 g/mol. The van der Waals surface area contributed by atoms with E-state index in [-0.39, 0.29) is 0 Å². The zero-order valence-corrected chi connectivity index (χ0v) is 14.9. The minimum atomic E-state index is 0.759. The van der Waals surface area contributed by atoms with Crippen molar-refractivity contribution in [3.63, 3.8) is 0 Å². The molecule has 114 valence electrons. The zero-order valence-electron chi connectivity index (χ0n) is 13.3. The molecule has 0 aliphatic heterocycles. The van der Waals surface area contributed by atoms with Gasteiger partial charge in [0.25, 0.3) is 0 Å². The average Bonchev–Trinajstić information content (AvgIpc) is 2.36. The second kappa shape index (κ2) is 8.68. The summed E-state index contributed by atoms with van der Waals surface area (Å²) >= 11 is 3.52. The molecule has 0 spiro atoms. The van der Waals surface area contributed by atoms with Crippen molar-refractivity contribution in [3.05, 3.63) is 28.2 Å². The molecule has 0 aliphatic rings. The summed E-state index contributed by atoms with van der Waals surface area (Å²) in [6.07, 6.45) is 2.52. The molecule has 0 saturated carbocycles. The van der Waals surface area contributed by atoms with Crippen LogP contribution in [0.1, 0.15) is 46.1 Å². The molecule has 0 fully saturated rings. The molecule has 1 rings (SSSR count). The summed E-state index contributed by atoms with van der Waals surface area (Å²) in [6.45, 7) is 12.5. The van der Waals surface area contributed by atoms with E-state index in [2.05, 4.69) is 60.7 Å². The van der Waals surface area contributed by atoms with Gasteiger partial charge in [-0.2, -0.15) is 0 Å². The summed E-state index contributed by atoms with van der Waals surface area (Å²) in [7, 11) is 0. The Kier molecular flexibility index (Phi) is 7.60. The Labute approximate surface area is 132 Å². The highest BCUT2D eigenvalue weighted by atomic mass is 79.9. The van der Waals surface area contributed by atoms with Crippen molar-refractivity contribution in [1.82, 2.24) is 4.90 Å². The molecule has 0 heterocycles. The molecule has 20 heavy (non-hydrogen) atoms. The van der Waals surface area contributed by atoms with E-state index in [1.165, 1.54) is 31.5 Å². The van der Waals surface area contributed by atoms with Gasteiger partial charge in [0.05, 0.1) is 0 Å². The van der Waals surface area contributed by atoms with Crippen molar-refractivity contribution in [2.24, 2.45) is 11.8 Å². The van der Waals surface area contributed by atoms with Gasteiger partial charge in [0.1, 0.15) is 0 Å². The highest BCUT2D eigenvalue weighted by Gasteiger charge is 2.09. The van der Waals surface area contributed by atoms with Crippen LogP contribution in [0.3, 0.4) is 0 Å². The first-order valence-corrected chi connectivity index (χ1v) is 8.44. The van der Waals surface area contributed by atoms with Crippen LogP contribution in [0, 0.1) is 11.8 Å². The Bertz CT molecular complexity index is 390. The highest BCUT2D eigenvalue weighted by molar-refractivity contribution is 9.10. The second-order valence-electron chi connectivity index (χ2n) is 6.50. The number of nitrogens with zero attached hydrogens (tertiary/aromatic N) is 1. The number of anilines is 1. The predicted octanol–water partition coefficient (Wildman–Crippen LogP) is 4.93. The molecule has 0 bridgehead atoms. The maximum Gasteiger partial charge on any atom is 0.0458 e. The van der Waals surface area contributed by atoms with Gasteiger partial charge in [-0.05, 0) is 71.4 Å². The fourth-order valence-electron chi connectivity index (χ4n) is 2.08. The van der Waals surface area contributed by atoms with Gasteiger partial charge in [0, 0.05) is 16.7 Å². The molecule has 0 aliphatic carbocycles. The van der Waals surface area contributed by atoms with Gasteiger partial charge in [-0.1, -0.05) is 33.8 Å². The average molecular weight is 341 g/mol. The summed E-state index contributed by atoms with van der Waals surface area (Å²) in [5, 5.41) is 0. The van der Waals surface area contributed by atoms with E-state index in [4.69, 9.17) is 5.73 Å².